The van der Waals surface area contributed by atoms with Crippen LogP contribution >= 0.6 is 0 Å². The fourth-order valence-electron chi connectivity index (χ4n) is 4.35. The average molecular weight is 432 g/mol. The van der Waals surface area contributed by atoms with Crippen LogP contribution in [-0.4, -0.2) is 36.1 Å². The van der Waals surface area contributed by atoms with Crippen molar-refractivity contribution in [2.24, 2.45) is 0 Å². The molecule has 1 aliphatic heterocycles. The molecule has 0 aromatic heterocycles. The van der Waals surface area contributed by atoms with Crippen LogP contribution in [0, 0.1) is 0 Å². The molecule has 2 aromatic carbocycles. The molecule has 0 radical (unpaired) electrons. The highest BCUT2D eigenvalue weighted by molar-refractivity contribution is 7.91. The number of unbranched alkanes of at least 4 members (excludes halogenated alkanes) is 1. The molecule has 3 rings (SSSR count). The molecule has 2 atom stereocenters. The van der Waals surface area contributed by atoms with Gasteiger partial charge in [-0.25, -0.2) is 8.42 Å². The van der Waals surface area contributed by atoms with E-state index in [0.717, 1.165) is 18.4 Å². The molecule has 0 amide bonds. The van der Waals surface area contributed by atoms with Crippen molar-refractivity contribution in [3.05, 3.63) is 59.7 Å². The molecule has 2 aromatic rings. The Bertz CT molecular complexity index is 958. The maximum atomic E-state index is 13.6. The molecule has 1 N–H and O–H groups in total. The zero-order valence-electron chi connectivity index (χ0n) is 18.3. The van der Waals surface area contributed by atoms with Crippen LogP contribution < -0.4 is 4.74 Å². The second-order valence-electron chi connectivity index (χ2n) is 8.46. The first-order chi connectivity index (χ1) is 14.2. The van der Waals surface area contributed by atoms with Gasteiger partial charge in [-0.2, -0.15) is 5.06 Å². The molecule has 30 heavy (non-hydrogen) atoms. The molecule has 0 saturated carbocycles. The second-order valence-corrected chi connectivity index (χ2v) is 10.4. The fraction of sp³-hybridized carbons (Fsp3) is 0.500. The van der Waals surface area contributed by atoms with Crippen molar-refractivity contribution in [1.82, 2.24) is 5.06 Å². The number of fused-ring (bicyclic) bond motifs is 1. The van der Waals surface area contributed by atoms with Gasteiger partial charge in [0.25, 0.3) is 0 Å². The first-order valence-corrected chi connectivity index (χ1v) is 12.5. The number of hydrogen-bond acceptors (Lipinski definition) is 5. The summed E-state index contributed by atoms with van der Waals surface area (Å²) in [7, 11) is -3.64. The molecule has 0 bridgehead atoms. The Labute approximate surface area is 180 Å². The molecule has 0 fully saturated rings. The SMILES string of the molecule is CCCC[C@]1(CC)CS(=O)(=O)c2cc(OC(C)C)ccc2[C@H](c2ccccc2)N1O. The lowest BCUT2D eigenvalue weighted by Crippen LogP contribution is -2.51. The third kappa shape index (κ3) is 4.41. The van der Waals surface area contributed by atoms with Crippen LogP contribution in [0.1, 0.15) is 70.5 Å². The van der Waals surface area contributed by atoms with Gasteiger partial charge in [-0.1, -0.05) is 63.1 Å². The van der Waals surface area contributed by atoms with Gasteiger partial charge in [0.2, 0.25) is 0 Å². The summed E-state index contributed by atoms with van der Waals surface area (Å²) < 4.78 is 33.0. The average Bonchev–Trinajstić information content (AvgIpc) is 2.78. The Balaban J connectivity index is 2.25. The summed E-state index contributed by atoms with van der Waals surface area (Å²) in [5.41, 5.74) is 0.602. The van der Waals surface area contributed by atoms with Crippen molar-refractivity contribution in [2.45, 2.75) is 76.0 Å². The van der Waals surface area contributed by atoms with Crippen LogP contribution in [0.4, 0.5) is 0 Å². The zero-order chi connectivity index (χ0) is 21.9. The number of hydrogen-bond donors (Lipinski definition) is 1. The molecular weight excluding hydrogens is 398 g/mol. The largest absolute Gasteiger partial charge is 0.491 e. The Hall–Kier alpha value is -1.89. The Kier molecular flexibility index (Phi) is 6.90. The van der Waals surface area contributed by atoms with E-state index in [2.05, 4.69) is 6.92 Å². The quantitative estimate of drug-likeness (QED) is 0.637. The standard InChI is InChI=1S/C24H33NO4S/c1-5-7-15-24(6-2)17-30(27,28)22-16-20(29-18(3)4)13-14-21(22)23(25(24)26)19-11-9-8-10-12-19/h8-14,16,18,23,26H,5-7,15,17H2,1-4H3/t23-,24+/m0/s1. The molecule has 5 nitrogen and oxygen atoms in total. The van der Waals surface area contributed by atoms with E-state index < -0.39 is 21.4 Å². The van der Waals surface area contributed by atoms with E-state index in [0.29, 0.717) is 24.2 Å². The topological polar surface area (TPSA) is 66.8 Å². The monoisotopic (exact) mass is 431 g/mol. The summed E-state index contributed by atoms with van der Waals surface area (Å²) in [5.74, 6) is 0.412. The van der Waals surface area contributed by atoms with E-state index in [4.69, 9.17) is 4.74 Å². The molecular formula is C24H33NO4S. The van der Waals surface area contributed by atoms with Gasteiger partial charge in [-0.05, 0) is 49.9 Å². The molecule has 1 heterocycles. The Morgan fingerprint density at radius 2 is 1.87 bits per heavy atom. The van der Waals surface area contributed by atoms with Crippen molar-refractivity contribution >= 4 is 9.84 Å². The van der Waals surface area contributed by atoms with Gasteiger partial charge < -0.3 is 9.94 Å². The molecule has 0 spiro atoms. The Morgan fingerprint density at radius 1 is 1.17 bits per heavy atom. The lowest BCUT2D eigenvalue weighted by Gasteiger charge is -2.42. The highest BCUT2D eigenvalue weighted by atomic mass is 32.2. The predicted octanol–water partition coefficient (Wildman–Crippen LogP) is 5.38. The summed E-state index contributed by atoms with van der Waals surface area (Å²) in [6.07, 6.45) is 2.87. The number of sulfone groups is 1. The summed E-state index contributed by atoms with van der Waals surface area (Å²) >= 11 is 0. The molecule has 6 heteroatoms. The van der Waals surface area contributed by atoms with Crippen LogP contribution in [0.3, 0.4) is 0 Å². The first-order valence-electron chi connectivity index (χ1n) is 10.8. The van der Waals surface area contributed by atoms with Gasteiger partial charge in [0.1, 0.15) is 5.75 Å². The van der Waals surface area contributed by atoms with Crippen LogP contribution in [0.25, 0.3) is 0 Å². The smallest absolute Gasteiger partial charge is 0.180 e. The third-order valence-electron chi connectivity index (χ3n) is 5.94. The number of rotatable bonds is 7. The van der Waals surface area contributed by atoms with E-state index in [9.17, 15) is 13.6 Å². The zero-order valence-corrected chi connectivity index (χ0v) is 19.2. The lowest BCUT2D eigenvalue weighted by molar-refractivity contribution is -0.193. The third-order valence-corrected chi connectivity index (χ3v) is 7.89. The van der Waals surface area contributed by atoms with E-state index in [1.54, 1.807) is 18.2 Å². The van der Waals surface area contributed by atoms with Crippen molar-refractivity contribution in [2.75, 3.05) is 5.75 Å². The number of hydroxylamine groups is 2. The first kappa shape index (κ1) is 22.8. The maximum absolute atomic E-state index is 13.6. The van der Waals surface area contributed by atoms with Gasteiger partial charge in [0.15, 0.2) is 9.84 Å². The lowest BCUT2D eigenvalue weighted by atomic mass is 9.87. The highest BCUT2D eigenvalue weighted by Crippen LogP contribution is 2.44. The molecule has 1 aliphatic rings. The minimum absolute atomic E-state index is 0.0601. The van der Waals surface area contributed by atoms with E-state index >= 15 is 0 Å². The van der Waals surface area contributed by atoms with E-state index in [1.165, 1.54) is 5.06 Å². The van der Waals surface area contributed by atoms with Crippen molar-refractivity contribution < 1.29 is 18.4 Å². The van der Waals surface area contributed by atoms with E-state index in [1.807, 2.05) is 51.1 Å². The van der Waals surface area contributed by atoms with Crippen LogP contribution in [0.15, 0.2) is 53.4 Å². The second kappa shape index (κ2) is 9.08. The number of benzene rings is 2. The highest BCUT2D eigenvalue weighted by Gasteiger charge is 2.47. The normalized spacial score (nSPS) is 23.7. The van der Waals surface area contributed by atoms with Gasteiger partial charge in [-0.3, -0.25) is 0 Å². The minimum Gasteiger partial charge on any atom is -0.491 e. The maximum Gasteiger partial charge on any atom is 0.180 e. The number of ether oxygens (including phenoxy) is 1. The molecule has 0 aliphatic carbocycles. The van der Waals surface area contributed by atoms with Crippen LogP contribution in [0.2, 0.25) is 0 Å². The van der Waals surface area contributed by atoms with Gasteiger partial charge in [-0.15, -0.1) is 0 Å². The summed E-state index contributed by atoms with van der Waals surface area (Å²) in [6, 6.07) is 14.3. The van der Waals surface area contributed by atoms with Gasteiger partial charge >= 0.3 is 0 Å². The van der Waals surface area contributed by atoms with Crippen molar-refractivity contribution in [1.29, 1.82) is 0 Å². The van der Waals surface area contributed by atoms with Gasteiger partial charge in [0, 0.05) is 0 Å². The number of nitrogens with zero attached hydrogens (tertiary/aromatic N) is 1. The minimum atomic E-state index is -3.64. The molecule has 0 unspecified atom stereocenters. The Morgan fingerprint density at radius 3 is 2.47 bits per heavy atom. The fourth-order valence-corrected chi connectivity index (χ4v) is 6.53. The summed E-state index contributed by atoms with van der Waals surface area (Å²) in [4.78, 5) is 0.250. The predicted molar refractivity (Wildman–Crippen MR) is 119 cm³/mol. The van der Waals surface area contributed by atoms with Crippen molar-refractivity contribution in [3.8, 4) is 5.75 Å². The molecule has 0 saturated heterocycles. The summed E-state index contributed by atoms with van der Waals surface area (Å²) in [5, 5.41) is 12.9. The molecule has 164 valence electrons. The van der Waals surface area contributed by atoms with Crippen molar-refractivity contribution in [3.63, 3.8) is 0 Å². The van der Waals surface area contributed by atoms with Gasteiger partial charge in [0.05, 0.1) is 28.3 Å². The summed E-state index contributed by atoms with van der Waals surface area (Å²) in [6.45, 7) is 7.86. The van der Waals surface area contributed by atoms with E-state index in [-0.39, 0.29) is 16.8 Å². The van der Waals surface area contributed by atoms with Crippen LogP contribution in [-0.2, 0) is 9.84 Å². The van der Waals surface area contributed by atoms with Crippen LogP contribution in [0.5, 0.6) is 5.75 Å².